The predicted octanol–water partition coefficient (Wildman–Crippen LogP) is 0.509. The van der Waals surface area contributed by atoms with Crippen molar-refractivity contribution in [3.63, 3.8) is 0 Å². The minimum atomic E-state index is -0.300. The topological polar surface area (TPSA) is 58.4 Å². The SMILES string of the molecule is CCCC(C(=O)NC1CCN(C)C1)C(N)=S. The van der Waals surface area contributed by atoms with Crippen LogP contribution in [0.15, 0.2) is 0 Å². The van der Waals surface area contributed by atoms with Gasteiger partial charge in [-0.2, -0.15) is 0 Å². The van der Waals surface area contributed by atoms with E-state index in [0.717, 1.165) is 32.4 Å². The summed E-state index contributed by atoms with van der Waals surface area (Å²) in [6.07, 6.45) is 2.67. The minimum absolute atomic E-state index is 0.00495. The molecule has 1 aliphatic rings. The predicted molar refractivity (Wildman–Crippen MR) is 69.2 cm³/mol. The Morgan fingerprint density at radius 2 is 2.38 bits per heavy atom. The molecule has 3 N–H and O–H groups in total. The van der Waals surface area contributed by atoms with Crippen molar-refractivity contribution in [1.29, 1.82) is 0 Å². The van der Waals surface area contributed by atoms with Crippen LogP contribution in [0.4, 0.5) is 0 Å². The zero-order valence-electron chi connectivity index (χ0n) is 10.0. The summed E-state index contributed by atoms with van der Waals surface area (Å²) >= 11 is 4.93. The van der Waals surface area contributed by atoms with Crippen molar-refractivity contribution in [1.82, 2.24) is 10.2 Å². The van der Waals surface area contributed by atoms with Crippen molar-refractivity contribution in [3.05, 3.63) is 0 Å². The molecule has 1 saturated heterocycles. The highest BCUT2D eigenvalue weighted by atomic mass is 32.1. The van der Waals surface area contributed by atoms with Crippen LogP contribution in [0.25, 0.3) is 0 Å². The lowest BCUT2D eigenvalue weighted by Gasteiger charge is -2.18. The molecule has 0 saturated carbocycles. The first-order chi connectivity index (χ1) is 7.54. The summed E-state index contributed by atoms with van der Waals surface area (Å²) in [6.45, 7) is 3.99. The number of nitrogens with one attached hydrogen (secondary N) is 1. The number of thiocarbonyl (C=S) groups is 1. The van der Waals surface area contributed by atoms with E-state index in [1.807, 2.05) is 6.92 Å². The molecule has 1 fully saturated rings. The smallest absolute Gasteiger partial charge is 0.230 e. The van der Waals surface area contributed by atoms with E-state index in [9.17, 15) is 4.79 Å². The average molecular weight is 243 g/mol. The van der Waals surface area contributed by atoms with Gasteiger partial charge in [-0.15, -0.1) is 0 Å². The van der Waals surface area contributed by atoms with E-state index in [0.29, 0.717) is 4.99 Å². The molecule has 16 heavy (non-hydrogen) atoms. The number of likely N-dealkylation sites (tertiary alicyclic amines) is 1. The largest absolute Gasteiger partial charge is 0.393 e. The van der Waals surface area contributed by atoms with Crippen LogP contribution in [0.1, 0.15) is 26.2 Å². The zero-order valence-corrected chi connectivity index (χ0v) is 10.8. The normalized spacial score (nSPS) is 23.0. The van der Waals surface area contributed by atoms with E-state index in [4.69, 9.17) is 18.0 Å². The third-order valence-electron chi connectivity index (χ3n) is 2.98. The summed E-state index contributed by atoms with van der Waals surface area (Å²) in [6, 6.07) is 0.256. The van der Waals surface area contributed by atoms with Gasteiger partial charge in [0.1, 0.15) is 0 Å². The summed E-state index contributed by atoms with van der Waals surface area (Å²) in [5.41, 5.74) is 5.59. The van der Waals surface area contributed by atoms with Gasteiger partial charge >= 0.3 is 0 Å². The van der Waals surface area contributed by atoms with Crippen LogP contribution in [0, 0.1) is 5.92 Å². The molecule has 2 unspecified atom stereocenters. The van der Waals surface area contributed by atoms with Gasteiger partial charge in [0.15, 0.2) is 0 Å². The second-order valence-electron chi connectivity index (χ2n) is 4.50. The molecule has 2 atom stereocenters. The number of carbonyl (C=O) groups excluding carboxylic acids is 1. The lowest BCUT2D eigenvalue weighted by Crippen LogP contribution is -2.43. The number of rotatable bonds is 5. The molecule has 1 aliphatic heterocycles. The highest BCUT2D eigenvalue weighted by Crippen LogP contribution is 2.11. The molecule has 1 amide bonds. The van der Waals surface area contributed by atoms with Crippen LogP contribution in [-0.2, 0) is 4.79 Å². The number of hydrogen-bond donors (Lipinski definition) is 2. The molecule has 0 aromatic heterocycles. The molecule has 0 aromatic carbocycles. The molecule has 4 nitrogen and oxygen atoms in total. The highest BCUT2D eigenvalue weighted by molar-refractivity contribution is 7.80. The molecule has 1 rings (SSSR count). The number of hydrogen-bond acceptors (Lipinski definition) is 3. The van der Waals surface area contributed by atoms with Crippen LogP contribution >= 0.6 is 12.2 Å². The van der Waals surface area contributed by atoms with Gasteiger partial charge in [0, 0.05) is 12.6 Å². The summed E-state index contributed by atoms with van der Waals surface area (Å²) < 4.78 is 0. The summed E-state index contributed by atoms with van der Waals surface area (Å²) in [5, 5.41) is 3.03. The van der Waals surface area contributed by atoms with Crippen molar-refractivity contribution < 1.29 is 4.79 Å². The van der Waals surface area contributed by atoms with Crippen molar-refractivity contribution in [2.75, 3.05) is 20.1 Å². The fourth-order valence-electron chi connectivity index (χ4n) is 2.05. The Kier molecular flexibility index (Phi) is 5.15. The number of amides is 1. The van der Waals surface area contributed by atoms with Crippen LogP contribution in [0.3, 0.4) is 0 Å². The first-order valence-electron chi connectivity index (χ1n) is 5.82. The fourth-order valence-corrected chi connectivity index (χ4v) is 2.27. The third kappa shape index (κ3) is 3.72. The maximum Gasteiger partial charge on any atom is 0.230 e. The van der Waals surface area contributed by atoms with E-state index in [1.165, 1.54) is 0 Å². The average Bonchev–Trinajstić information content (AvgIpc) is 2.59. The lowest BCUT2D eigenvalue weighted by atomic mass is 10.0. The van der Waals surface area contributed by atoms with Gasteiger partial charge in [-0.3, -0.25) is 4.79 Å². The van der Waals surface area contributed by atoms with E-state index >= 15 is 0 Å². The van der Waals surface area contributed by atoms with Gasteiger partial charge in [-0.25, -0.2) is 0 Å². The van der Waals surface area contributed by atoms with Gasteiger partial charge in [0.25, 0.3) is 0 Å². The van der Waals surface area contributed by atoms with Gasteiger partial charge in [-0.1, -0.05) is 25.6 Å². The standard InChI is InChI=1S/C11H21N3OS/c1-3-4-9(10(12)16)11(15)13-8-5-6-14(2)7-8/h8-9H,3-7H2,1-2H3,(H2,12,16)(H,13,15). The van der Waals surface area contributed by atoms with Crippen molar-refractivity contribution in [2.24, 2.45) is 11.7 Å². The second kappa shape index (κ2) is 6.15. The van der Waals surface area contributed by atoms with Gasteiger partial charge in [0.2, 0.25) is 5.91 Å². The van der Waals surface area contributed by atoms with Crippen LogP contribution in [-0.4, -0.2) is 42.0 Å². The molecule has 0 radical (unpaired) electrons. The van der Waals surface area contributed by atoms with Crippen LogP contribution in [0.2, 0.25) is 0 Å². The summed E-state index contributed by atoms with van der Waals surface area (Å²) in [5.74, 6) is -0.305. The Morgan fingerprint density at radius 1 is 1.69 bits per heavy atom. The number of nitrogens with two attached hydrogens (primary N) is 1. The second-order valence-corrected chi connectivity index (χ2v) is 4.97. The fraction of sp³-hybridized carbons (Fsp3) is 0.818. The maximum absolute atomic E-state index is 11.9. The molecule has 92 valence electrons. The molecule has 0 bridgehead atoms. The van der Waals surface area contributed by atoms with Crippen LogP contribution < -0.4 is 11.1 Å². The molecule has 5 heteroatoms. The molecule has 0 spiro atoms. The molecular weight excluding hydrogens is 222 g/mol. The van der Waals surface area contributed by atoms with E-state index in [-0.39, 0.29) is 17.9 Å². The van der Waals surface area contributed by atoms with Gasteiger partial charge in [0.05, 0.1) is 10.9 Å². The highest BCUT2D eigenvalue weighted by Gasteiger charge is 2.26. The number of nitrogens with zero attached hydrogens (tertiary/aromatic N) is 1. The zero-order chi connectivity index (χ0) is 12.1. The minimum Gasteiger partial charge on any atom is -0.393 e. The van der Waals surface area contributed by atoms with Gasteiger partial charge in [-0.05, 0) is 26.4 Å². The summed E-state index contributed by atoms with van der Waals surface area (Å²) in [4.78, 5) is 14.5. The van der Waals surface area contributed by atoms with E-state index < -0.39 is 0 Å². The Bertz CT molecular complexity index is 270. The van der Waals surface area contributed by atoms with E-state index in [1.54, 1.807) is 0 Å². The quantitative estimate of drug-likeness (QED) is 0.691. The Morgan fingerprint density at radius 3 is 2.81 bits per heavy atom. The first kappa shape index (κ1) is 13.4. The first-order valence-corrected chi connectivity index (χ1v) is 6.23. The van der Waals surface area contributed by atoms with Crippen LogP contribution in [0.5, 0.6) is 0 Å². The maximum atomic E-state index is 11.9. The Hall–Kier alpha value is -0.680. The molecular formula is C11H21N3OS. The van der Waals surface area contributed by atoms with E-state index in [2.05, 4.69) is 17.3 Å². The monoisotopic (exact) mass is 243 g/mol. The lowest BCUT2D eigenvalue weighted by molar-refractivity contribution is -0.123. The van der Waals surface area contributed by atoms with Gasteiger partial charge < -0.3 is 16.0 Å². The Labute approximate surface area is 103 Å². The molecule has 0 aromatic rings. The number of likely N-dealkylation sites (N-methyl/N-ethyl adjacent to an activating group) is 1. The van der Waals surface area contributed by atoms with Crippen molar-refractivity contribution in [2.45, 2.75) is 32.2 Å². The molecule has 1 heterocycles. The third-order valence-corrected chi connectivity index (χ3v) is 3.26. The summed E-state index contributed by atoms with van der Waals surface area (Å²) in [7, 11) is 2.06. The van der Waals surface area contributed by atoms with Crippen molar-refractivity contribution >= 4 is 23.1 Å². The number of carbonyl (C=O) groups is 1. The Balaban J connectivity index is 2.45. The molecule has 0 aliphatic carbocycles. The van der Waals surface area contributed by atoms with Crippen molar-refractivity contribution in [3.8, 4) is 0 Å².